The zero-order valence-electron chi connectivity index (χ0n) is 8.03. The molecule has 0 aliphatic heterocycles. The lowest BCUT2D eigenvalue weighted by Crippen LogP contribution is -1.87. The van der Waals surface area contributed by atoms with Crippen LogP contribution in [-0.2, 0) is 0 Å². The van der Waals surface area contributed by atoms with Crippen LogP contribution in [0.3, 0.4) is 0 Å². The molecule has 0 rings (SSSR count). The molecule has 0 heterocycles. The molecule has 0 fully saturated rings. The summed E-state index contributed by atoms with van der Waals surface area (Å²) < 4.78 is 0. The Morgan fingerprint density at radius 1 is 1.08 bits per heavy atom. The van der Waals surface area contributed by atoms with Crippen molar-refractivity contribution in [2.24, 2.45) is 0 Å². The summed E-state index contributed by atoms with van der Waals surface area (Å²) in [5.41, 5.74) is 0. The lowest BCUT2D eigenvalue weighted by molar-refractivity contribution is 0.302. The summed E-state index contributed by atoms with van der Waals surface area (Å²) in [6, 6.07) is 0. The molecule has 0 aliphatic carbocycles. The number of aliphatic hydroxyl groups excluding tert-OH is 3. The maximum Gasteiger partial charge on any atom is 0.192 e. The van der Waals surface area contributed by atoms with E-state index in [1.165, 1.54) is 18.9 Å². The second kappa shape index (κ2) is 7.53. The van der Waals surface area contributed by atoms with Gasteiger partial charge in [0.05, 0.1) is 0 Å². The first-order valence-corrected chi connectivity index (χ1v) is 4.65. The van der Waals surface area contributed by atoms with Crippen LogP contribution in [0.4, 0.5) is 0 Å². The van der Waals surface area contributed by atoms with Gasteiger partial charge in [0.2, 0.25) is 0 Å². The Morgan fingerprint density at radius 2 is 1.77 bits per heavy atom. The molecule has 0 amide bonds. The molecule has 0 saturated carbocycles. The molecular weight excluding hydrogens is 168 g/mol. The maximum atomic E-state index is 9.06. The largest absolute Gasteiger partial charge is 0.512 e. The smallest absolute Gasteiger partial charge is 0.192 e. The van der Waals surface area contributed by atoms with Crippen LogP contribution < -0.4 is 0 Å². The zero-order chi connectivity index (χ0) is 10.1. The number of unbranched alkanes of at least 4 members (excludes halogenated alkanes) is 4. The lowest BCUT2D eigenvalue weighted by Gasteiger charge is -1.97. The third-order valence-corrected chi connectivity index (χ3v) is 1.78. The third kappa shape index (κ3) is 6.08. The van der Waals surface area contributed by atoms with Crippen LogP contribution in [0.1, 0.15) is 39.0 Å². The van der Waals surface area contributed by atoms with Gasteiger partial charge in [0.25, 0.3) is 0 Å². The molecular formula is C10H18O3. The summed E-state index contributed by atoms with van der Waals surface area (Å²) in [5.74, 6) is -0.727. The van der Waals surface area contributed by atoms with Crippen LogP contribution in [0.15, 0.2) is 23.9 Å². The number of hydrogen-bond acceptors (Lipinski definition) is 3. The van der Waals surface area contributed by atoms with Crippen molar-refractivity contribution in [3.8, 4) is 0 Å². The van der Waals surface area contributed by atoms with E-state index < -0.39 is 5.76 Å². The van der Waals surface area contributed by atoms with Crippen LogP contribution in [-0.4, -0.2) is 15.3 Å². The van der Waals surface area contributed by atoms with Gasteiger partial charge in [-0.2, -0.15) is 0 Å². The van der Waals surface area contributed by atoms with Gasteiger partial charge in [-0.15, -0.1) is 0 Å². The third-order valence-electron chi connectivity index (χ3n) is 1.78. The maximum absolute atomic E-state index is 9.06. The second-order valence-electron chi connectivity index (χ2n) is 2.95. The summed E-state index contributed by atoms with van der Waals surface area (Å²) in [7, 11) is 0. The summed E-state index contributed by atoms with van der Waals surface area (Å²) in [5, 5.41) is 26.2. The first kappa shape index (κ1) is 11.9. The summed E-state index contributed by atoms with van der Waals surface area (Å²) in [6.07, 6.45) is 7.22. The van der Waals surface area contributed by atoms with E-state index in [9.17, 15) is 0 Å². The van der Waals surface area contributed by atoms with Gasteiger partial charge in [0.15, 0.2) is 11.5 Å². The molecule has 0 aromatic heterocycles. The topological polar surface area (TPSA) is 60.7 Å². The highest BCUT2D eigenvalue weighted by Crippen LogP contribution is 2.07. The average Bonchev–Trinajstić information content (AvgIpc) is 2.16. The van der Waals surface area contributed by atoms with Gasteiger partial charge >= 0.3 is 0 Å². The fourth-order valence-corrected chi connectivity index (χ4v) is 0.981. The molecule has 3 N–H and O–H groups in total. The number of allylic oxidation sites excluding steroid dienone is 1. The predicted molar refractivity (Wildman–Crippen MR) is 52.8 cm³/mol. The molecule has 0 radical (unpaired) electrons. The molecule has 13 heavy (non-hydrogen) atoms. The Balaban J connectivity index is 3.60. The van der Waals surface area contributed by atoms with Crippen LogP contribution >= 0.6 is 0 Å². The normalized spacial score (nSPS) is 13.3. The van der Waals surface area contributed by atoms with Crippen LogP contribution in [0.2, 0.25) is 0 Å². The molecule has 0 aromatic carbocycles. The zero-order valence-corrected chi connectivity index (χ0v) is 8.03. The van der Waals surface area contributed by atoms with Crippen molar-refractivity contribution in [2.45, 2.75) is 39.0 Å². The van der Waals surface area contributed by atoms with E-state index in [2.05, 4.69) is 6.92 Å². The molecule has 0 aromatic rings. The molecule has 0 unspecified atom stereocenters. The molecule has 76 valence electrons. The van der Waals surface area contributed by atoms with Gasteiger partial charge in [0.1, 0.15) is 6.26 Å². The van der Waals surface area contributed by atoms with Crippen LogP contribution in [0.5, 0.6) is 0 Å². The van der Waals surface area contributed by atoms with Gasteiger partial charge in [-0.3, -0.25) is 0 Å². The number of aliphatic hydroxyl groups is 3. The monoisotopic (exact) mass is 186 g/mol. The van der Waals surface area contributed by atoms with Crippen molar-refractivity contribution in [3.63, 3.8) is 0 Å². The second-order valence-corrected chi connectivity index (χ2v) is 2.95. The fraction of sp³-hybridized carbons (Fsp3) is 0.600. The highest BCUT2D eigenvalue weighted by Gasteiger charge is 1.97. The van der Waals surface area contributed by atoms with E-state index >= 15 is 0 Å². The molecule has 3 heteroatoms. The molecule has 0 atom stereocenters. The minimum absolute atomic E-state index is 0.251. The van der Waals surface area contributed by atoms with Crippen molar-refractivity contribution < 1.29 is 15.3 Å². The van der Waals surface area contributed by atoms with Crippen molar-refractivity contribution >= 4 is 0 Å². The Labute approximate surface area is 79.0 Å². The Morgan fingerprint density at radius 3 is 2.31 bits per heavy atom. The summed E-state index contributed by atoms with van der Waals surface area (Å²) >= 11 is 0. The summed E-state index contributed by atoms with van der Waals surface area (Å²) in [6.45, 7) is 2.13. The van der Waals surface area contributed by atoms with Crippen molar-refractivity contribution in [1.82, 2.24) is 0 Å². The van der Waals surface area contributed by atoms with E-state index in [4.69, 9.17) is 15.3 Å². The van der Waals surface area contributed by atoms with E-state index in [1.807, 2.05) is 0 Å². The highest BCUT2D eigenvalue weighted by atomic mass is 16.3. The first-order chi connectivity index (χ1) is 6.22. The minimum atomic E-state index is -0.476. The highest BCUT2D eigenvalue weighted by molar-refractivity contribution is 5.14. The minimum Gasteiger partial charge on any atom is -0.512 e. The molecule has 0 aliphatic rings. The average molecular weight is 186 g/mol. The van der Waals surface area contributed by atoms with E-state index in [1.54, 1.807) is 0 Å². The standard InChI is InChI=1S/C10H18O3/c1-2-3-4-5-6-7-9(12)10(13)8-11/h7-8,11-13H,2-6H2,1H3. The van der Waals surface area contributed by atoms with E-state index in [0.29, 0.717) is 6.26 Å². The number of rotatable bonds is 6. The molecule has 0 spiro atoms. The predicted octanol–water partition coefficient (Wildman–Crippen LogP) is 3.36. The fourth-order valence-electron chi connectivity index (χ4n) is 0.981. The Bertz CT molecular complexity index is 183. The van der Waals surface area contributed by atoms with E-state index in [0.717, 1.165) is 19.3 Å². The summed E-state index contributed by atoms with van der Waals surface area (Å²) in [4.78, 5) is 0. The Hall–Kier alpha value is -1.12. The van der Waals surface area contributed by atoms with Crippen LogP contribution in [0.25, 0.3) is 0 Å². The molecule has 0 bridgehead atoms. The van der Waals surface area contributed by atoms with Crippen LogP contribution in [0, 0.1) is 0 Å². The molecule has 3 nitrogen and oxygen atoms in total. The van der Waals surface area contributed by atoms with Gasteiger partial charge < -0.3 is 15.3 Å². The van der Waals surface area contributed by atoms with E-state index in [-0.39, 0.29) is 5.76 Å². The lowest BCUT2D eigenvalue weighted by atomic mass is 10.1. The van der Waals surface area contributed by atoms with Crippen molar-refractivity contribution in [3.05, 3.63) is 23.9 Å². The SMILES string of the molecule is CCCCCCC=C(O)C(O)=CO. The molecule has 0 saturated heterocycles. The van der Waals surface area contributed by atoms with Gasteiger partial charge in [-0.1, -0.05) is 26.2 Å². The van der Waals surface area contributed by atoms with Crippen molar-refractivity contribution in [1.29, 1.82) is 0 Å². The van der Waals surface area contributed by atoms with Crippen molar-refractivity contribution in [2.75, 3.05) is 0 Å². The van der Waals surface area contributed by atoms with Gasteiger partial charge in [0, 0.05) is 0 Å². The Kier molecular flexibility index (Phi) is 6.88. The quantitative estimate of drug-likeness (QED) is 0.338. The number of hydrogen-bond donors (Lipinski definition) is 3. The van der Waals surface area contributed by atoms with Gasteiger partial charge in [-0.25, -0.2) is 0 Å². The first-order valence-electron chi connectivity index (χ1n) is 4.65. The van der Waals surface area contributed by atoms with Gasteiger partial charge in [-0.05, 0) is 18.9 Å².